The second kappa shape index (κ2) is 11.8. The van der Waals surface area contributed by atoms with Crippen molar-refractivity contribution in [1.29, 1.82) is 0 Å². The van der Waals surface area contributed by atoms with Gasteiger partial charge in [0.25, 0.3) is 10.0 Å². The second-order valence-electron chi connectivity index (χ2n) is 8.03. The summed E-state index contributed by atoms with van der Waals surface area (Å²) >= 11 is 0. The number of anilines is 1. The first-order valence-corrected chi connectivity index (χ1v) is 13.0. The van der Waals surface area contributed by atoms with Crippen LogP contribution in [0.4, 0.5) is 5.69 Å². The SMILES string of the molecule is CCOc1ccccc1N(CC(=O)N[C@@H](CC)c1ccc(OC)cc1)S(=O)(=O)c1ccc(C)cc1. The van der Waals surface area contributed by atoms with E-state index in [4.69, 9.17) is 9.47 Å². The smallest absolute Gasteiger partial charge is 0.264 e. The maximum Gasteiger partial charge on any atom is 0.264 e. The zero-order chi connectivity index (χ0) is 25.4. The molecule has 0 heterocycles. The van der Waals surface area contributed by atoms with E-state index in [-0.39, 0.29) is 10.9 Å². The van der Waals surface area contributed by atoms with Crippen molar-refractivity contribution >= 4 is 21.6 Å². The van der Waals surface area contributed by atoms with Crippen LogP contribution >= 0.6 is 0 Å². The number of nitrogens with one attached hydrogen (secondary N) is 1. The molecule has 0 bridgehead atoms. The summed E-state index contributed by atoms with van der Waals surface area (Å²) in [6.45, 7) is 5.63. The first-order chi connectivity index (χ1) is 16.8. The summed E-state index contributed by atoms with van der Waals surface area (Å²) in [5.41, 5.74) is 2.15. The number of hydrogen-bond donors (Lipinski definition) is 1. The maximum atomic E-state index is 13.7. The lowest BCUT2D eigenvalue weighted by Gasteiger charge is -2.27. The van der Waals surface area contributed by atoms with Gasteiger partial charge >= 0.3 is 0 Å². The minimum Gasteiger partial charge on any atom is -0.497 e. The molecule has 186 valence electrons. The van der Waals surface area contributed by atoms with Crippen molar-refractivity contribution in [2.75, 3.05) is 24.6 Å². The third kappa shape index (κ3) is 6.33. The number of carbonyl (C=O) groups excluding carboxylic acids is 1. The average molecular weight is 497 g/mol. The monoisotopic (exact) mass is 496 g/mol. The Morgan fingerprint density at radius 2 is 1.63 bits per heavy atom. The van der Waals surface area contributed by atoms with Gasteiger partial charge in [0.1, 0.15) is 18.0 Å². The Morgan fingerprint density at radius 3 is 2.23 bits per heavy atom. The minimum absolute atomic E-state index is 0.101. The number of benzene rings is 3. The van der Waals surface area contributed by atoms with Gasteiger partial charge in [-0.15, -0.1) is 0 Å². The molecule has 0 unspecified atom stereocenters. The van der Waals surface area contributed by atoms with Gasteiger partial charge in [0.2, 0.25) is 5.91 Å². The number of nitrogens with zero attached hydrogens (tertiary/aromatic N) is 1. The molecule has 0 aliphatic carbocycles. The minimum atomic E-state index is -4.05. The largest absolute Gasteiger partial charge is 0.497 e. The molecule has 3 rings (SSSR count). The van der Waals surface area contributed by atoms with Crippen LogP contribution in [0.5, 0.6) is 11.5 Å². The van der Waals surface area contributed by atoms with E-state index in [0.29, 0.717) is 24.5 Å². The highest BCUT2D eigenvalue weighted by atomic mass is 32.2. The normalized spacial score (nSPS) is 12.0. The number of carbonyl (C=O) groups is 1. The van der Waals surface area contributed by atoms with Crippen molar-refractivity contribution in [3.8, 4) is 11.5 Å². The maximum absolute atomic E-state index is 13.7. The predicted octanol–water partition coefficient (Wildman–Crippen LogP) is 4.87. The van der Waals surface area contributed by atoms with Gasteiger partial charge < -0.3 is 14.8 Å². The Kier molecular flexibility index (Phi) is 8.76. The van der Waals surface area contributed by atoms with Gasteiger partial charge in [0, 0.05) is 0 Å². The third-order valence-electron chi connectivity index (χ3n) is 5.59. The van der Waals surface area contributed by atoms with Crippen molar-refractivity contribution in [3.63, 3.8) is 0 Å². The summed E-state index contributed by atoms with van der Waals surface area (Å²) in [5.74, 6) is 0.688. The van der Waals surface area contributed by atoms with E-state index in [9.17, 15) is 13.2 Å². The van der Waals surface area contributed by atoms with Crippen LogP contribution in [0.15, 0.2) is 77.7 Å². The fourth-order valence-corrected chi connectivity index (χ4v) is 5.14. The Labute approximate surface area is 207 Å². The highest BCUT2D eigenvalue weighted by Gasteiger charge is 2.30. The van der Waals surface area contributed by atoms with Crippen LogP contribution in [0.3, 0.4) is 0 Å². The Morgan fingerprint density at radius 1 is 0.971 bits per heavy atom. The molecular weight excluding hydrogens is 464 g/mol. The predicted molar refractivity (Wildman–Crippen MR) is 137 cm³/mol. The van der Waals surface area contributed by atoms with Crippen LogP contribution in [0, 0.1) is 6.92 Å². The summed E-state index contributed by atoms with van der Waals surface area (Å²) in [4.78, 5) is 13.3. The van der Waals surface area contributed by atoms with Gasteiger partial charge in [-0.05, 0) is 62.2 Å². The molecular formula is C27H32N2O5S. The highest BCUT2D eigenvalue weighted by Crippen LogP contribution is 2.32. The van der Waals surface area contributed by atoms with Gasteiger partial charge in [-0.2, -0.15) is 0 Å². The molecule has 0 aliphatic rings. The summed E-state index contributed by atoms with van der Waals surface area (Å²) in [7, 11) is -2.45. The fraction of sp³-hybridized carbons (Fsp3) is 0.296. The number of aryl methyl sites for hydroxylation is 1. The molecule has 0 fully saturated rings. The van der Waals surface area contributed by atoms with Crippen molar-refractivity contribution in [3.05, 3.63) is 83.9 Å². The molecule has 35 heavy (non-hydrogen) atoms. The molecule has 0 spiro atoms. The number of para-hydroxylation sites is 2. The van der Waals surface area contributed by atoms with Crippen LogP contribution in [-0.2, 0) is 14.8 Å². The van der Waals surface area contributed by atoms with Crippen molar-refractivity contribution in [1.82, 2.24) is 5.32 Å². The Bertz CT molecular complexity index is 1230. The lowest BCUT2D eigenvalue weighted by atomic mass is 10.0. The molecule has 0 radical (unpaired) electrons. The van der Waals surface area contributed by atoms with E-state index in [0.717, 1.165) is 21.2 Å². The van der Waals surface area contributed by atoms with Gasteiger partial charge in [0.05, 0.1) is 30.3 Å². The van der Waals surface area contributed by atoms with Crippen molar-refractivity contribution in [2.45, 2.75) is 38.1 Å². The van der Waals surface area contributed by atoms with E-state index in [2.05, 4.69) is 5.32 Å². The standard InChI is InChI=1S/C27H32N2O5S/c1-5-24(21-13-15-22(33-4)16-14-21)28-27(30)19-29(25-9-7-8-10-26(25)34-6-2)35(31,32)23-17-11-20(3)12-18-23/h7-18,24H,5-6,19H2,1-4H3,(H,28,30)/t24-/m0/s1. The summed E-state index contributed by atoms with van der Waals surface area (Å²) in [6.07, 6.45) is 0.637. The van der Waals surface area contributed by atoms with Crippen LogP contribution in [0.25, 0.3) is 0 Å². The number of ether oxygens (including phenoxy) is 2. The molecule has 3 aromatic carbocycles. The van der Waals surface area contributed by atoms with Gasteiger partial charge in [-0.1, -0.05) is 48.9 Å². The van der Waals surface area contributed by atoms with Crippen molar-refractivity contribution < 1.29 is 22.7 Å². The first kappa shape index (κ1) is 26.1. The highest BCUT2D eigenvalue weighted by molar-refractivity contribution is 7.92. The third-order valence-corrected chi connectivity index (χ3v) is 7.37. The Balaban J connectivity index is 1.94. The van der Waals surface area contributed by atoms with Crippen molar-refractivity contribution in [2.24, 2.45) is 0 Å². The lowest BCUT2D eigenvalue weighted by molar-refractivity contribution is -0.120. The summed E-state index contributed by atoms with van der Waals surface area (Å²) in [6, 6.07) is 20.5. The van der Waals surface area contributed by atoms with Crippen LogP contribution in [-0.4, -0.2) is 34.6 Å². The number of sulfonamides is 1. The van der Waals surface area contributed by atoms with E-state index in [1.807, 2.05) is 45.0 Å². The van der Waals surface area contributed by atoms with Crippen LogP contribution in [0.1, 0.15) is 37.4 Å². The molecule has 0 aliphatic heterocycles. The van der Waals surface area contributed by atoms with E-state index in [1.54, 1.807) is 55.6 Å². The number of methoxy groups -OCH3 is 1. The number of hydrogen-bond acceptors (Lipinski definition) is 5. The molecule has 0 saturated heterocycles. The topological polar surface area (TPSA) is 84.9 Å². The van der Waals surface area contributed by atoms with E-state index >= 15 is 0 Å². The first-order valence-electron chi connectivity index (χ1n) is 11.5. The van der Waals surface area contributed by atoms with E-state index < -0.39 is 22.5 Å². The lowest BCUT2D eigenvalue weighted by Crippen LogP contribution is -2.42. The molecule has 0 saturated carbocycles. The summed E-state index contributed by atoms with van der Waals surface area (Å²) in [5, 5.41) is 2.98. The second-order valence-corrected chi connectivity index (χ2v) is 9.89. The van der Waals surface area contributed by atoms with Gasteiger partial charge in [-0.3, -0.25) is 9.10 Å². The molecule has 3 aromatic rings. The molecule has 0 aromatic heterocycles. The molecule has 1 amide bonds. The zero-order valence-electron chi connectivity index (χ0n) is 20.5. The van der Waals surface area contributed by atoms with Crippen LogP contribution < -0.4 is 19.1 Å². The fourth-order valence-electron chi connectivity index (χ4n) is 3.71. The molecule has 7 nitrogen and oxygen atoms in total. The quantitative estimate of drug-likeness (QED) is 0.410. The van der Waals surface area contributed by atoms with Gasteiger partial charge in [-0.25, -0.2) is 8.42 Å². The number of amides is 1. The van der Waals surface area contributed by atoms with Crippen LogP contribution in [0.2, 0.25) is 0 Å². The average Bonchev–Trinajstić information content (AvgIpc) is 2.87. The zero-order valence-corrected chi connectivity index (χ0v) is 21.3. The number of rotatable bonds is 11. The van der Waals surface area contributed by atoms with E-state index in [1.165, 1.54) is 0 Å². The summed E-state index contributed by atoms with van der Waals surface area (Å²) < 4.78 is 39.4. The Hall–Kier alpha value is -3.52. The molecule has 1 atom stereocenters. The van der Waals surface area contributed by atoms with Gasteiger partial charge in [0.15, 0.2) is 0 Å². The molecule has 8 heteroatoms. The molecule has 1 N–H and O–H groups in total.